The highest BCUT2D eigenvalue weighted by atomic mass is 31.2. The van der Waals surface area contributed by atoms with Crippen LogP contribution in [0.1, 0.15) is 155 Å². The van der Waals surface area contributed by atoms with Crippen molar-refractivity contribution in [3.8, 4) is 0 Å². The lowest BCUT2D eigenvalue weighted by Crippen LogP contribution is -2.29. The van der Waals surface area contributed by atoms with Crippen LogP contribution >= 0.6 is 7.82 Å². The van der Waals surface area contributed by atoms with Crippen molar-refractivity contribution in [2.75, 3.05) is 26.4 Å². The maximum Gasteiger partial charge on any atom is 0.472 e. The van der Waals surface area contributed by atoms with Crippen LogP contribution in [0, 0.1) is 0 Å². The Balaban J connectivity index is 3.99. The van der Waals surface area contributed by atoms with Crippen molar-refractivity contribution in [3.63, 3.8) is 0 Å². The zero-order chi connectivity index (χ0) is 31.9. The molecule has 2 atom stereocenters. The lowest BCUT2D eigenvalue weighted by Gasteiger charge is -2.19. The Morgan fingerprint density at radius 2 is 1.14 bits per heavy atom. The SMILES string of the molecule is CCCCCCCC/C=C\CCCCCCCCCCCC(=O)OC(COC(=O)CCCCC)COP(=O)(O)OCCN. The molecule has 0 spiro atoms. The number of hydrogen-bond donors (Lipinski definition) is 2. The van der Waals surface area contributed by atoms with Gasteiger partial charge in [-0.25, -0.2) is 4.57 Å². The summed E-state index contributed by atoms with van der Waals surface area (Å²) in [6.45, 7) is 3.53. The second kappa shape index (κ2) is 30.8. The van der Waals surface area contributed by atoms with Crippen LogP contribution in [0.3, 0.4) is 0 Å². The van der Waals surface area contributed by atoms with Crippen LogP contribution in [0.25, 0.3) is 0 Å². The van der Waals surface area contributed by atoms with E-state index in [-0.39, 0.29) is 32.6 Å². The van der Waals surface area contributed by atoms with Gasteiger partial charge in [-0.1, -0.05) is 116 Å². The summed E-state index contributed by atoms with van der Waals surface area (Å²) in [4.78, 5) is 34.1. The fraction of sp³-hybridized carbons (Fsp3) is 0.879. The van der Waals surface area contributed by atoms with Gasteiger partial charge in [-0.2, -0.15) is 0 Å². The summed E-state index contributed by atoms with van der Waals surface area (Å²) in [5.74, 6) is -0.857. The first-order valence-corrected chi connectivity index (χ1v) is 18.7. The molecule has 3 N–H and O–H groups in total. The van der Waals surface area contributed by atoms with E-state index in [1.807, 2.05) is 6.92 Å². The molecular weight excluding hydrogens is 569 g/mol. The average molecular weight is 634 g/mol. The second-order valence-corrected chi connectivity index (χ2v) is 12.8. The minimum Gasteiger partial charge on any atom is -0.462 e. The van der Waals surface area contributed by atoms with Gasteiger partial charge >= 0.3 is 19.8 Å². The number of phosphoric ester groups is 1. The molecule has 0 saturated carbocycles. The normalized spacial score (nSPS) is 13.7. The standard InChI is InChI=1S/C33H64NO8P/c1-3-5-7-8-9-10-11-12-13-14-15-16-17-18-19-20-21-22-24-26-33(36)42-31(29-39-32(35)25-23-6-4-2)30-41-43(37,38)40-28-27-34/h12-13,31H,3-11,14-30,34H2,1-2H3,(H,37,38)/b13-12-. The molecule has 0 bridgehead atoms. The monoisotopic (exact) mass is 633 g/mol. The van der Waals surface area contributed by atoms with Gasteiger partial charge in [-0.3, -0.25) is 18.6 Å². The van der Waals surface area contributed by atoms with Crippen molar-refractivity contribution < 1.29 is 37.6 Å². The molecule has 0 aliphatic rings. The van der Waals surface area contributed by atoms with Crippen LogP contribution in [0.5, 0.6) is 0 Å². The Kier molecular flexibility index (Phi) is 29.9. The first-order valence-electron chi connectivity index (χ1n) is 17.2. The predicted octanol–water partition coefficient (Wildman–Crippen LogP) is 8.71. The van der Waals surface area contributed by atoms with E-state index >= 15 is 0 Å². The molecule has 0 rings (SSSR count). The van der Waals surface area contributed by atoms with Gasteiger partial charge in [0.2, 0.25) is 0 Å². The van der Waals surface area contributed by atoms with E-state index in [9.17, 15) is 19.0 Å². The van der Waals surface area contributed by atoms with Crippen LogP contribution in [0.15, 0.2) is 12.2 Å². The summed E-state index contributed by atoms with van der Waals surface area (Å²) in [6, 6.07) is 0. The number of allylic oxidation sites excluding steroid dienone is 2. The van der Waals surface area contributed by atoms with E-state index in [1.54, 1.807) is 0 Å². The number of nitrogens with two attached hydrogens (primary N) is 1. The number of carbonyl (C=O) groups excluding carboxylic acids is 2. The topological polar surface area (TPSA) is 134 Å². The Labute approximate surface area is 262 Å². The van der Waals surface area contributed by atoms with Crippen molar-refractivity contribution in [1.29, 1.82) is 0 Å². The molecule has 10 heteroatoms. The van der Waals surface area contributed by atoms with Crippen molar-refractivity contribution >= 4 is 19.8 Å². The predicted molar refractivity (Wildman–Crippen MR) is 174 cm³/mol. The first-order chi connectivity index (χ1) is 20.8. The largest absolute Gasteiger partial charge is 0.472 e. The van der Waals surface area contributed by atoms with Gasteiger partial charge in [0.25, 0.3) is 0 Å². The molecule has 9 nitrogen and oxygen atoms in total. The van der Waals surface area contributed by atoms with Gasteiger partial charge in [-0.05, 0) is 38.5 Å². The number of rotatable bonds is 32. The van der Waals surface area contributed by atoms with Crippen molar-refractivity contribution in [2.45, 2.75) is 161 Å². The molecule has 0 aromatic carbocycles. The fourth-order valence-electron chi connectivity index (χ4n) is 4.57. The molecule has 43 heavy (non-hydrogen) atoms. The lowest BCUT2D eigenvalue weighted by molar-refractivity contribution is -0.161. The molecule has 0 radical (unpaired) electrons. The van der Waals surface area contributed by atoms with Crippen molar-refractivity contribution in [2.24, 2.45) is 5.73 Å². The summed E-state index contributed by atoms with van der Waals surface area (Å²) < 4.78 is 32.2. The molecule has 0 heterocycles. The highest BCUT2D eigenvalue weighted by Crippen LogP contribution is 2.43. The molecule has 0 aromatic rings. The third-order valence-corrected chi connectivity index (χ3v) is 8.14. The van der Waals surface area contributed by atoms with Crippen molar-refractivity contribution in [1.82, 2.24) is 0 Å². The molecule has 0 fully saturated rings. The van der Waals surface area contributed by atoms with Gasteiger partial charge in [0.05, 0.1) is 13.2 Å². The fourth-order valence-corrected chi connectivity index (χ4v) is 5.33. The van der Waals surface area contributed by atoms with Crippen LogP contribution in [-0.2, 0) is 32.7 Å². The Morgan fingerprint density at radius 3 is 1.70 bits per heavy atom. The first kappa shape index (κ1) is 41.8. The van der Waals surface area contributed by atoms with Gasteiger partial charge in [0.1, 0.15) is 6.61 Å². The van der Waals surface area contributed by atoms with Gasteiger partial charge < -0.3 is 20.1 Å². The molecular formula is C33H64NO8P. The summed E-state index contributed by atoms with van der Waals surface area (Å²) in [5, 5.41) is 0. The molecule has 0 amide bonds. The molecule has 254 valence electrons. The Morgan fingerprint density at radius 1 is 0.674 bits per heavy atom. The van der Waals surface area contributed by atoms with Gasteiger partial charge in [0, 0.05) is 19.4 Å². The maximum absolute atomic E-state index is 12.4. The summed E-state index contributed by atoms with van der Waals surface area (Å²) in [6.07, 6.45) is 27.6. The van der Waals surface area contributed by atoms with Crippen LogP contribution < -0.4 is 5.73 Å². The second-order valence-electron chi connectivity index (χ2n) is 11.4. The minimum atomic E-state index is -4.35. The summed E-state index contributed by atoms with van der Waals surface area (Å²) >= 11 is 0. The van der Waals surface area contributed by atoms with Gasteiger partial charge in [-0.15, -0.1) is 0 Å². The minimum absolute atomic E-state index is 0.0545. The van der Waals surface area contributed by atoms with Crippen LogP contribution in [-0.4, -0.2) is 49.3 Å². The smallest absolute Gasteiger partial charge is 0.462 e. The van der Waals surface area contributed by atoms with E-state index in [0.717, 1.165) is 32.1 Å². The zero-order valence-corrected chi connectivity index (χ0v) is 28.3. The number of carbonyl (C=O) groups is 2. The highest BCUT2D eigenvalue weighted by Gasteiger charge is 2.25. The number of hydrogen-bond acceptors (Lipinski definition) is 8. The summed E-state index contributed by atoms with van der Waals surface area (Å²) in [7, 11) is -4.35. The van der Waals surface area contributed by atoms with Gasteiger partial charge in [0.15, 0.2) is 6.10 Å². The summed E-state index contributed by atoms with van der Waals surface area (Å²) in [5.41, 5.74) is 5.29. The maximum atomic E-state index is 12.4. The molecule has 2 unspecified atom stereocenters. The third-order valence-electron chi connectivity index (χ3n) is 7.15. The quantitative estimate of drug-likeness (QED) is 0.0323. The third kappa shape index (κ3) is 30.6. The molecule has 0 saturated heterocycles. The number of unbranched alkanes of at least 4 members (excludes halogenated alkanes) is 17. The lowest BCUT2D eigenvalue weighted by atomic mass is 10.1. The molecule has 0 aliphatic carbocycles. The van der Waals surface area contributed by atoms with E-state index in [0.29, 0.717) is 12.8 Å². The van der Waals surface area contributed by atoms with Crippen LogP contribution in [0.2, 0.25) is 0 Å². The highest BCUT2D eigenvalue weighted by molar-refractivity contribution is 7.47. The average Bonchev–Trinajstić information content (AvgIpc) is 2.98. The molecule has 0 aromatic heterocycles. The zero-order valence-electron chi connectivity index (χ0n) is 27.4. The van der Waals surface area contributed by atoms with Crippen molar-refractivity contribution in [3.05, 3.63) is 12.2 Å². The number of ether oxygens (including phenoxy) is 2. The number of esters is 2. The van der Waals surface area contributed by atoms with E-state index in [2.05, 4.69) is 19.1 Å². The Hall–Kier alpha value is -1.25. The molecule has 0 aliphatic heterocycles. The van der Waals surface area contributed by atoms with E-state index in [1.165, 1.54) is 83.5 Å². The number of phosphoric acid groups is 1. The van der Waals surface area contributed by atoms with E-state index in [4.69, 9.17) is 24.3 Å². The van der Waals surface area contributed by atoms with Crippen LogP contribution in [0.4, 0.5) is 0 Å². The Bertz CT molecular complexity index is 734. The van der Waals surface area contributed by atoms with E-state index < -0.39 is 32.5 Å².